The molecule has 0 unspecified atom stereocenters. The van der Waals surface area contributed by atoms with Crippen LogP contribution in [0.2, 0.25) is 0 Å². The third-order valence-electron chi connectivity index (χ3n) is 3.81. The molecule has 0 bridgehead atoms. The largest absolute Gasteiger partial charge is 0.454 e. The van der Waals surface area contributed by atoms with Gasteiger partial charge in [0.05, 0.1) is 16.8 Å². The lowest BCUT2D eigenvalue weighted by atomic mass is 10.2. The lowest BCUT2D eigenvalue weighted by Gasteiger charge is -2.07. The van der Waals surface area contributed by atoms with Crippen LogP contribution >= 0.6 is 11.3 Å². The van der Waals surface area contributed by atoms with Gasteiger partial charge in [-0.1, -0.05) is 12.1 Å². The molecular formula is C20H19N3O5S. The second-order valence-electron chi connectivity index (χ2n) is 5.93. The Balaban J connectivity index is 1.37. The number of anilines is 1. The molecule has 0 radical (unpaired) electrons. The van der Waals surface area contributed by atoms with Gasteiger partial charge in [0, 0.05) is 18.3 Å². The van der Waals surface area contributed by atoms with Crippen molar-refractivity contribution in [2.45, 2.75) is 6.61 Å². The number of ether oxygens (including phenoxy) is 2. The van der Waals surface area contributed by atoms with E-state index >= 15 is 0 Å². The van der Waals surface area contributed by atoms with Crippen molar-refractivity contribution in [1.29, 1.82) is 0 Å². The van der Waals surface area contributed by atoms with Gasteiger partial charge in [0.2, 0.25) is 0 Å². The summed E-state index contributed by atoms with van der Waals surface area (Å²) in [6.45, 7) is -0.511. The smallest absolute Gasteiger partial charge is 0.332 e. The first-order valence-corrected chi connectivity index (χ1v) is 9.56. The zero-order chi connectivity index (χ0) is 20.6. The van der Waals surface area contributed by atoms with Crippen molar-refractivity contribution in [2.24, 2.45) is 0 Å². The Bertz CT molecular complexity index is 983. The summed E-state index contributed by atoms with van der Waals surface area (Å²) in [6.07, 6.45) is 0. The van der Waals surface area contributed by atoms with Crippen LogP contribution in [0.3, 0.4) is 0 Å². The topological polar surface area (TPSA) is 107 Å². The van der Waals surface area contributed by atoms with Crippen LogP contribution in [0, 0.1) is 0 Å². The Kier molecular flexibility index (Phi) is 6.88. The summed E-state index contributed by atoms with van der Waals surface area (Å²) in [6, 6.07) is 14.1. The summed E-state index contributed by atoms with van der Waals surface area (Å²) in [5.41, 5.74) is 1.85. The first kappa shape index (κ1) is 20.4. The van der Waals surface area contributed by atoms with Crippen LogP contribution in [0.15, 0.2) is 48.5 Å². The Morgan fingerprint density at radius 1 is 1.03 bits per heavy atom. The highest BCUT2D eigenvalue weighted by Crippen LogP contribution is 2.21. The maximum Gasteiger partial charge on any atom is 0.332 e. The summed E-state index contributed by atoms with van der Waals surface area (Å²) in [4.78, 5) is 39.5. The minimum Gasteiger partial charge on any atom is -0.454 e. The lowest BCUT2D eigenvalue weighted by Crippen LogP contribution is -2.23. The highest BCUT2D eigenvalue weighted by Gasteiger charge is 2.10. The molecule has 1 aromatic heterocycles. The van der Waals surface area contributed by atoms with Crippen molar-refractivity contribution in [3.63, 3.8) is 0 Å². The number of amides is 2. The van der Waals surface area contributed by atoms with Gasteiger partial charge in [0.15, 0.2) is 6.61 Å². The van der Waals surface area contributed by atoms with Gasteiger partial charge < -0.3 is 20.1 Å². The molecule has 8 nitrogen and oxygen atoms in total. The molecule has 2 aromatic carbocycles. The average molecular weight is 413 g/mol. The molecule has 0 aliphatic heterocycles. The first-order valence-electron chi connectivity index (χ1n) is 8.75. The molecule has 0 spiro atoms. The number of fused-ring (bicyclic) bond motifs is 1. The Labute approximate surface area is 170 Å². The minimum atomic E-state index is -0.642. The van der Waals surface area contributed by atoms with E-state index in [2.05, 4.69) is 15.6 Å². The van der Waals surface area contributed by atoms with E-state index in [1.807, 2.05) is 24.3 Å². The maximum atomic E-state index is 11.9. The van der Waals surface area contributed by atoms with Crippen LogP contribution in [0.1, 0.15) is 15.4 Å². The molecule has 0 aliphatic rings. The predicted molar refractivity (Wildman–Crippen MR) is 109 cm³/mol. The first-order chi connectivity index (χ1) is 14.0. The number of esters is 1. The Morgan fingerprint density at radius 2 is 1.79 bits per heavy atom. The van der Waals surface area contributed by atoms with E-state index < -0.39 is 18.5 Å². The van der Waals surface area contributed by atoms with Gasteiger partial charge in [-0.2, -0.15) is 0 Å². The molecule has 150 valence electrons. The number of hydrogen-bond acceptors (Lipinski definition) is 7. The van der Waals surface area contributed by atoms with Crippen molar-refractivity contribution in [3.05, 3.63) is 59.1 Å². The summed E-state index contributed by atoms with van der Waals surface area (Å²) >= 11 is 1.50. The highest BCUT2D eigenvalue weighted by molar-refractivity contribution is 7.18. The fourth-order valence-corrected chi connectivity index (χ4v) is 3.34. The molecule has 1 heterocycles. The number of hydrogen-bond donors (Lipinski definition) is 2. The number of carbonyl (C=O) groups excluding carboxylic acids is 3. The Morgan fingerprint density at radius 3 is 2.52 bits per heavy atom. The lowest BCUT2D eigenvalue weighted by molar-refractivity contribution is -0.152. The second-order valence-corrected chi connectivity index (χ2v) is 7.05. The molecule has 2 N–H and O–H groups in total. The summed E-state index contributed by atoms with van der Waals surface area (Å²) in [5, 5.41) is 5.85. The van der Waals surface area contributed by atoms with Crippen molar-refractivity contribution in [3.8, 4) is 0 Å². The predicted octanol–water partition coefficient (Wildman–Crippen LogP) is 2.35. The molecule has 3 aromatic rings. The molecule has 2 amide bonds. The monoisotopic (exact) mass is 413 g/mol. The van der Waals surface area contributed by atoms with E-state index in [-0.39, 0.29) is 19.1 Å². The number of para-hydroxylation sites is 1. The maximum absolute atomic E-state index is 11.9. The van der Waals surface area contributed by atoms with Gasteiger partial charge in [0.1, 0.15) is 11.6 Å². The molecule has 0 saturated carbocycles. The molecule has 9 heteroatoms. The zero-order valence-electron chi connectivity index (χ0n) is 15.6. The van der Waals surface area contributed by atoms with E-state index in [1.165, 1.54) is 18.4 Å². The quantitative estimate of drug-likeness (QED) is 0.549. The molecule has 0 saturated heterocycles. The van der Waals surface area contributed by atoms with Gasteiger partial charge in [-0.05, 0) is 36.4 Å². The van der Waals surface area contributed by atoms with Crippen LogP contribution < -0.4 is 10.6 Å². The van der Waals surface area contributed by atoms with Gasteiger partial charge in [0.25, 0.3) is 11.8 Å². The molecule has 0 atom stereocenters. The fraction of sp³-hybridized carbons (Fsp3) is 0.200. The van der Waals surface area contributed by atoms with Gasteiger partial charge in [-0.3, -0.25) is 9.59 Å². The molecule has 29 heavy (non-hydrogen) atoms. The zero-order valence-corrected chi connectivity index (χ0v) is 16.5. The third kappa shape index (κ3) is 5.84. The van der Waals surface area contributed by atoms with E-state index in [4.69, 9.17) is 9.47 Å². The van der Waals surface area contributed by atoms with Gasteiger partial charge >= 0.3 is 5.97 Å². The average Bonchev–Trinajstić information content (AvgIpc) is 3.15. The summed E-state index contributed by atoms with van der Waals surface area (Å²) in [7, 11) is 1.54. The van der Waals surface area contributed by atoms with Gasteiger partial charge in [-0.25, -0.2) is 9.78 Å². The summed E-state index contributed by atoms with van der Waals surface area (Å²) in [5.74, 6) is -1.35. The van der Waals surface area contributed by atoms with E-state index in [9.17, 15) is 14.4 Å². The van der Waals surface area contributed by atoms with Crippen LogP contribution in [-0.4, -0.2) is 43.0 Å². The van der Waals surface area contributed by atoms with Crippen molar-refractivity contribution < 1.29 is 23.9 Å². The van der Waals surface area contributed by atoms with Crippen LogP contribution in [0.25, 0.3) is 10.2 Å². The van der Waals surface area contributed by atoms with Crippen LogP contribution in [0.4, 0.5) is 5.69 Å². The highest BCUT2D eigenvalue weighted by atomic mass is 32.1. The summed E-state index contributed by atoms with van der Waals surface area (Å²) < 4.78 is 11.3. The normalized spacial score (nSPS) is 10.5. The van der Waals surface area contributed by atoms with Crippen LogP contribution in [-0.2, 0) is 25.7 Å². The molecule has 3 rings (SSSR count). The van der Waals surface area contributed by atoms with E-state index in [0.29, 0.717) is 11.3 Å². The molecule has 0 fully saturated rings. The van der Waals surface area contributed by atoms with Crippen molar-refractivity contribution in [2.75, 3.05) is 25.6 Å². The van der Waals surface area contributed by atoms with E-state index in [0.717, 1.165) is 15.2 Å². The standard InChI is InChI=1S/C20H19N3O5S/c1-21-20(26)13-6-8-14(9-7-13)22-17(24)10-28-19(25)12-27-11-18-23-15-4-2-3-5-16(15)29-18/h2-9H,10-12H2,1H3,(H,21,26)(H,22,24). The Hall–Kier alpha value is -3.30. The van der Waals surface area contributed by atoms with Crippen LogP contribution in [0.5, 0.6) is 0 Å². The number of thiazole rings is 1. The number of rotatable bonds is 8. The third-order valence-corrected chi connectivity index (χ3v) is 4.82. The minimum absolute atomic E-state index is 0.193. The van der Waals surface area contributed by atoms with Crippen molar-refractivity contribution in [1.82, 2.24) is 10.3 Å². The molecular weight excluding hydrogens is 394 g/mol. The number of nitrogens with zero attached hydrogens (tertiary/aromatic N) is 1. The number of aromatic nitrogens is 1. The number of nitrogens with one attached hydrogen (secondary N) is 2. The fourth-order valence-electron chi connectivity index (χ4n) is 2.44. The SMILES string of the molecule is CNC(=O)c1ccc(NC(=O)COC(=O)COCc2nc3ccccc3s2)cc1. The molecule has 0 aliphatic carbocycles. The number of benzene rings is 2. The number of carbonyl (C=O) groups is 3. The second kappa shape index (κ2) is 9.76. The van der Waals surface area contributed by atoms with Crippen molar-refractivity contribution >= 4 is 45.0 Å². The van der Waals surface area contributed by atoms with E-state index in [1.54, 1.807) is 24.3 Å². The van der Waals surface area contributed by atoms with Gasteiger partial charge in [-0.15, -0.1) is 11.3 Å².